The summed E-state index contributed by atoms with van der Waals surface area (Å²) >= 11 is 0. The maximum absolute atomic E-state index is 12.6. The van der Waals surface area contributed by atoms with Gasteiger partial charge in [0.2, 0.25) is 5.91 Å². The number of aryl methyl sites for hydroxylation is 1. The highest BCUT2D eigenvalue weighted by Crippen LogP contribution is 2.13. The quantitative estimate of drug-likeness (QED) is 0.846. The van der Waals surface area contributed by atoms with Crippen LogP contribution in [0.25, 0.3) is 0 Å². The van der Waals surface area contributed by atoms with Crippen LogP contribution in [0.5, 0.6) is 0 Å². The van der Waals surface area contributed by atoms with Gasteiger partial charge in [-0.2, -0.15) is 0 Å². The maximum Gasteiger partial charge on any atom is 0.276 e. The van der Waals surface area contributed by atoms with Crippen molar-refractivity contribution in [2.75, 3.05) is 11.9 Å². The van der Waals surface area contributed by atoms with Gasteiger partial charge in [0.25, 0.3) is 5.91 Å². The van der Waals surface area contributed by atoms with Crippen LogP contribution in [0, 0.1) is 6.92 Å². The van der Waals surface area contributed by atoms with E-state index in [1.54, 1.807) is 17.9 Å². The normalized spacial score (nSPS) is 11.8. The summed E-state index contributed by atoms with van der Waals surface area (Å²) in [5, 5.41) is 6.62. The second-order valence-electron chi connectivity index (χ2n) is 5.79. The molecule has 1 aromatic heterocycles. The molecule has 1 heterocycles. The van der Waals surface area contributed by atoms with E-state index < -0.39 is 0 Å². The largest absolute Gasteiger partial charge is 0.361 e. The molecule has 0 aliphatic heterocycles. The maximum atomic E-state index is 12.6. The molecule has 2 aromatic rings. The van der Waals surface area contributed by atoms with Crippen LogP contribution in [0.3, 0.4) is 0 Å². The second kappa shape index (κ2) is 8.29. The van der Waals surface area contributed by atoms with Crippen molar-refractivity contribution in [3.05, 3.63) is 47.9 Å². The number of rotatable bonds is 7. The Kier molecular flexibility index (Phi) is 6.12. The highest BCUT2D eigenvalue weighted by Gasteiger charge is 2.25. The fourth-order valence-corrected chi connectivity index (χ4v) is 2.49. The third kappa shape index (κ3) is 4.68. The van der Waals surface area contributed by atoms with Gasteiger partial charge in [0.15, 0.2) is 5.69 Å². The van der Waals surface area contributed by atoms with E-state index in [1.807, 2.05) is 44.2 Å². The monoisotopic (exact) mass is 329 g/mol. The zero-order chi connectivity index (χ0) is 17.5. The summed E-state index contributed by atoms with van der Waals surface area (Å²) in [6.07, 6.45) is 1.02. The van der Waals surface area contributed by atoms with Crippen LogP contribution in [0.15, 0.2) is 40.9 Å². The van der Waals surface area contributed by atoms with Gasteiger partial charge in [0, 0.05) is 30.8 Å². The van der Waals surface area contributed by atoms with E-state index in [2.05, 4.69) is 10.5 Å². The van der Waals surface area contributed by atoms with Gasteiger partial charge < -0.3 is 14.7 Å². The van der Waals surface area contributed by atoms with Gasteiger partial charge in [-0.15, -0.1) is 0 Å². The van der Waals surface area contributed by atoms with Gasteiger partial charge >= 0.3 is 0 Å². The topological polar surface area (TPSA) is 75.4 Å². The molecule has 2 rings (SSSR count). The smallest absolute Gasteiger partial charge is 0.276 e. The van der Waals surface area contributed by atoms with E-state index in [1.165, 1.54) is 0 Å². The lowest BCUT2D eigenvalue weighted by Gasteiger charge is -2.27. The first-order valence-electron chi connectivity index (χ1n) is 8.10. The van der Waals surface area contributed by atoms with Gasteiger partial charge in [-0.25, -0.2) is 0 Å². The minimum Gasteiger partial charge on any atom is -0.361 e. The summed E-state index contributed by atoms with van der Waals surface area (Å²) in [6, 6.07) is 10.6. The second-order valence-corrected chi connectivity index (χ2v) is 5.79. The molecule has 0 saturated heterocycles. The van der Waals surface area contributed by atoms with Crippen molar-refractivity contribution in [2.45, 2.75) is 39.7 Å². The first-order valence-corrected chi connectivity index (χ1v) is 8.10. The number of para-hydroxylation sites is 1. The van der Waals surface area contributed by atoms with E-state index in [9.17, 15) is 9.59 Å². The average molecular weight is 329 g/mol. The molecule has 0 spiro atoms. The fraction of sp³-hybridized carbons (Fsp3) is 0.389. The molecule has 1 N–H and O–H groups in total. The number of hydrogen-bond donors (Lipinski definition) is 1. The van der Waals surface area contributed by atoms with Gasteiger partial charge in [-0.05, 0) is 32.4 Å². The molecule has 0 bridgehead atoms. The van der Waals surface area contributed by atoms with Crippen LogP contribution < -0.4 is 5.32 Å². The number of amides is 2. The molecule has 0 aliphatic carbocycles. The van der Waals surface area contributed by atoms with Gasteiger partial charge in [-0.3, -0.25) is 9.59 Å². The number of benzene rings is 1. The Labute approximate surface area is 141 Å². The Bertz CT molecular complexity index is 682. The molecular formula is C18H23N3O3. The Balaban J connectivity index is 2.01. The molecule has 6 heteroatoms. The Morgan fingerprint density at radius 1 is 1.29 bits per heavy atom. The van der Waals surface area contributed by atoms with Crippen molar-refractivity contribution in [2.24, 2.45) is 0 Å². The van der Waals surface area contributed by atoms with E-state index in [4.69, 9.17) is 4.52 Å². The Morgan fingerprint density at radius 2 is 2.00 bits per heavy atom. The summed E-state index contributed by atoms with van der Waals surface area (Å²) in [7, 11) is 0. The standard InChI is InChI=1S/C18H23N3O3/c1-4-10-21(18(23)16-12-14(3)24-20-16)13(2)11-17(22)19-15-8-6-5-7-9-15/h5-9,12-13H,4,10-11H2,1-3H3,(H,19,22)/t13-/m0/s1. The SMILES string of the molecule is CCCN(C(=O)c1cc(C)on1)[C@@H](C)CC(=O)Nc1ccccc1. The van der Waals surface area contributed by atoms with Crippen molar-refractivity contribution in [1.29, 1.82) is 0 Å². The third-order valence-corrected chi connectivity index (χ3v) is 3.64. The van der Waals surface area contributed by atoms with E-state index in [0.717, 1.165) is 12.1 Å². The number of aromatic nitrogens is 1. The zero-order valence-electron chi connectivity index (χ0n) is 14.3. The van der Waals surface area contributed by atoms with Crippen LogP contribution in [0.1, 0.15) is 42.9 Å². The molecule has 24 heavy (non-hydrogen) atoms. The first-order chi connectivity index (χ1) is 11.5. The number of carbonyl (C=O) groups is 2. The molecule has 0 fully saturated rings. The summed E-state index contributed by atoms with van der Waals surface area (Å²) < 4.78 is 4.98. The molecule has 0 radical (unpaired) electrons. The van der Waals surface area contributed by atoms with Crippen LogP contribution in [-0.4, -0.2) is 34.5 Å². The molecule has 0 unspecified atom stereocenters. The number of carbonyl (C=O) groups excluding carboxylic acids is 2. The molecule has 2 amide bonds. The third-order valence-electron chi connectivity index (χ3n) is 3.64. The molecule has 0 saturated carbocycles. The summed E-state index contributed by atoms with van der Waals surface area (Å²) in [5.41, 5.74) is 1.02. The van der Waals surface area contributed by atoms with Gasteiger partial charge in [0.05, 0.1) is 0 Å². The van der Waals surface area contributed by atoms with E-state index >= 15 is 0 Å². The molecule has 1 atom stereocenters. The lowest BCUT2D eigenvalue weighted by Crippen LogP contribution is -2.41. The van der Waals surface area contributed by atoms with Crippen LogP contribution in [-0.2, 0) is 4.79 Å². The summed E-state index contributed by atoms with van der Waals surface area (Å²) in [6.45, 7) is 6.16. The van der Waals surface area contributed by atoms with Crippen molar-refractivity contribution in [3.63, 3.8) is 0 Å². The van der Waals surface area contributed by atoms with Gasteiger partial charge in [-0.1, -0.05) is 30.3 Å². The van der Waals surface area contributed by atoms with E-state index in [0.29, 0.717) is 12.3 Å². The number of anilines is 1. The minimum absolute atomic E-state index is 0.126. The van der Waals surface area contributed by atoms with Crippen molar-refractivity contribution < 1.29 is 14.1 Å². The Hall–Kier alpha value is -2.63. The summed E-state index contributed by atoms with van der Waals surface area (Å²) in [5.74, 6) is 0.247. The van der Waals surface area contributed by atoms with Gasteiger partial charge in [0.1, 0.15) is 5.76 Å². The fourth-order valence-electron chi connectivity index (χ4n) is 2.49. The lowest BCUT2D eigenvalue weighted by molar-refractivity contribution is -0.117. The lowest BCUT2D eigenvalue weighted by atomic mass is 10.1. The van der Waals surface area contributed by atoms with Crippen LogP contribution in [0.2, 0.25) is 0 Å². The molecule has 1 aromatic carbocycles. The van der Waals surface area contributed by atoms with Crippen molar-refractivity contribution in [3.8, 4) is 0 Å². The summed E-state index contributed by atoms with van der Waals surface area (Å²) in [4.78, 5) is 26.5. The molecule has 6 nitrogen and oxygen atoms in total. The molecule has 0 aliphatic rings. The molecule has 128 valence electrons. The Morgan fingerprint density at radius 3 is 2.58 bits per heavy atom. The first kappa shape index (κ1) is 17.7. The number of nitrogens with zero attached hydrogens (tertiary/aromatic N) is 2. The van der Waals surface area contributed by atoms with Crippen LogP contribution in [0.4, 0.5) is 5.69 Å². The molecular weight excluding hydrogens is 306 g/mol. The highest BCUT2D eigenvalue weighted by molar-refractivity contribution is 5.94. The van der Waals surface area contributed by atoms with Crippen molar-refractivity contribution >= 4 is 17.5 Å². The predicted molar refractivity (Wildman–Crippen MR) is 91.7 cm³/mol. The highest BCUT2D eigenvalue weighted by atomic mass is 16.5. The van der Waals surface area contributed by atoms with E-state index in [-0.39, 0.29) is 30.0 Å². The number of hydrogen-bond acceptors (Lipinski definition) is 4. The minimum atomic E-state index is -0.238. The zero-order valence-corrected chi connectivity index (χ0v) is 14.3. The van der Waals surface area contributed by atoms with Crippen LogP contribution >= 0.6 is 0 Å². The average Bonchev–Trinajstić information content (AvgIpc) is 2.99. The predicted octanol–water partition coefficient (Wildman–Crippen LogP) is 3.25. The number of nitrogens with one attached hydrogen (secondary N) is 1. The van der Waals surface area contributed by atoms with Crippen molar-refractivity contribution in [1.82, 2.24) is 10.1 Å².